The molecule has 1 fully saturated rings. The first-order chi connectivity index (χ1) is 9.11. The Hall–Kier alpha value is -1.51. The summed E-state index contributed by atoms with van der Waals surface area (Å²) in [6.45, 7) is 5.79. The minimum Gasteiger partial charge on any atom is -0.385 e. The Kier molecular flexibility index (Phi) is 4.46. The molecule has 1 aromatic carbocycles. The number of carbonyl (C=O) groups is 1. The third-order valence-corrected chi connectivity index (χ3v) is 3.88. The molecule has 0 bridgehead atoms. The van der Waals surface area contributed by atoms with E-state index in [-0.39, 0.29) is 5.91 Å². The van der Waals surface area contributed by atoms with Gasteiger partial charge in [0.05, 0.1) is 5.56 Å². The fraction of sp³-hybridized carbons (Fsp3) is 0.562. The molecule has 0 radical (unpaired) electrons. The lowest BCUT2D eigenvalue weighted by atomic mass is 9.85. The molecule has 1 aromatic rings. The van der Waals surface area contributed by atoms with Gasteiger partial charge in [-0.2, -0.15) is 0 Å². The Morgan fingerprint density at radius 2 is 2.16 bits per heavy atom. The highest BCUT2D eigenvalue weighted by molar-refractivity contribution is 5.99. The van der Waals surface area contributed by atoms with Crippen molar-refractivity contribution in [2.75, 3.05) is 25.5 Å². The molecule has 1 aliphatic rings. The lowest BCUT2D eigenvalue weighted by Crippen LogP contribution is -2.34. The van der Waals surface area contributed by atoms with Gasteiger partial charge in [-0.05, 0) is 44.7 Å². The average molecular weight is 260 g/mol. The van der Waals surface area contributed by atoms with Crippen LogP contribution in [0.5, 0.6) is 0 Å². The monoisotopic (exact) mass is 260 g/mol. The van der Waals surface area contributed by atoms with Crippen LogP contribution in [0.4, 0.5) is 5.69 Å². The van der Waals surface area contributed by atoms with Gasteiger partial charge in [-0.25, -0.2) is 0 Å². The van der Waals surface area contributed by atoms with Gasteiger partial charge >= 0.3 is 0 Å². The van der Waals surface area contributed by atoms with Gasteiger partial charge in [0.2, 0.25) is 0 Å². The lowest BCUT2D eigenvalue weighted by Gasteiger charge is -2.30. The van der Waals surface area contributed by atoms with Gasteiger partial charge in [-0.1, -0.05) is 18.1 Å². The molecular weight excluding hydrogens is 236 g/mol. The lowest BCUT2D eigenvalue weighted by molar-refractivity contribution is 0.0746. The van der Waals surface area contributed by atoms with Crippen molar-refractivity contribution in [3.05, 3.63) is 29.3 Å². The first kappa shape index (κ1) is 13.9. The fourth-order valence-corrected chi connectivity index (χ4v) is 2.53. The molecule has 0 atom stereocenters. The third kappa shape index (κ3) is 3.28. The predicted molar refractivity (Wildman–Crippen MR) is 79.6 cm³/mol. The van der Waals surface area contributed by atoms with Gasteiger partial charge < -0.3 is 10.2 Å². The average Bonchev–Trinajstić information content (AvgIpc) is 2.35. The van der Waals surface area contributed by atoms with Crippen molar-refractivity contribution in [1.82, 2.24) is 4.90 Å². The molecule has 0 saturated heterocycles. The quantitative estimate of drug-likeness (QED) is 0.881. The van der Waals surface area contributed by atoms with Crippen LogP contribution in [0, 0.1) is 12.8 Å². The number of rotatable bonds is 5. The van der Waals surface area contributed by atoms with Crippen LogP contribution in [-0.2, 0) is 0 Å². The minimum atomic E-state index is 0.131. The first-order valence-electron chi connectivity index (χ1n) is 7.21. The van der Waals surface area contributed by atoms with E-state index in [0.717, 1.165) is 29.9 Å². The smallest absolute Gasteiger partial charge is 0.255 e. The molecule has 0 heterocycles. The Morgan fingerprint density at radius 1 is 1.42 bits per heavy atom. The molecule has 1 aliphatic carbocycles. The number of nitrogens with zero attached hydrogens (tertiary/aromatic N) is 1. The van der Waals surface area contributed by atoms with Crippen LogP contribution in [0.2, 0.25) is 0 Å². The molecule has 3 heteroatoms. The number of benzene rings is 1. The number of hydrogen-bond acceptors (Lipinski definition) is 2. The van der Waals surface area contributed by atoms with Crippen molar-refractivity contribution in [2.24, 2.45) is 5.92 Å². The zero-order valence-corrected chi connectivity index (χ0v) is 12.2. The highest BCUT2D eigenvalue weighted by Crippen LogP contribution is 2.27. The van der Waals surface area contributed by atoms with E-state index in [0.29, 0.717) is 5.92 Å². The van der Waals surface area contributed by atoms with Gasteiger partial charge in [0, 0.05) is 25.8 Å². The van der Waals surface area contributed by atoms with Gasteiger partial charge in [-0.15, -0.1) is 0 Å². The van der Waals surface area contributed by atoms with Gasteiger partial charge in [-0.3, -0.25) is 4.79 Å². The Bertz CT molecular complexity index is 452. The van der Waals surface area contributed by atoms with Crippen LogP contribution < -0.4 is 5.32 Å². The largest absolute Gasteiger partial charge is 0.385 e. The van der Waals surface area contributed by atoms with E-state index in [1.807, 2.05) is 44.0 Å². The Morgan fingerprint density at radius 3 is 2.74 bits per heavy atom. The van der Waals surface area contributed by atoms with E-state index >= 15 is 0 Å². The van der Waals surface area contributed by atoms with E-state index in [9.17, 15) is 4.79 Å². The van der Waals surface area contributed by atoms with Gasteiger partial charge in [0.1, 0.15) is 0 Å². The topological polar surface area (TPSA) is 32.3 Å². The van der Waals surface area contributed by atoms with Crippen LogP contribution in [0.3, 0.4) is 0 Å². The Labute approximate surface area is 116 Å². The van der Waals surface area contributed by atoms with Crippen molar-refractivity contribution in [3.63, 3.8) is 0 Å². The molecule has 1 N–H and O–H groups in total. The third-order valence-electron chi connectivity index (χ3n) is 3.88. The van der Waals surface area contributed by atoms with Crippen LogP contribution in [0.25, 0.3) is 0 Å². The number of nitrogens with one attached hydrogen (secondary N) is 1. The number of hydrogen-bond donors (Lipinski definition) is 1. The summed E-state index contributed by atoms with van der Waals surface area (Å²) in [6, 6.07) is 6.03. The SMILES string of the molecule is CCNc1ccc(C)cc1C(=O)N(C)CC1CCC1. The van der Waals surface area contributed by atoms with E-state index in [4.69, 9.17) is 0 Å². The summed E-state index contributed by atoms with van der Waals surface area (Å²) < 4.78 is 0. The molecule has 2 rings (SSSR count). The van der Waals surface area contributed by atoms with Crippen molar-refractivity contribution >= 4 is 11.6 Å². The molecule has 0 aromatic heterocycles. The standard InChI is InChI=1S/C16H24N2O/c1-4-17-15-9-8-12(2)10-14(15)16(19)18(3)11-13-6-5-7-13/h8-10,13,17H,4-7,11H2,1-3H3. The van der Waals surface area contributed by atoms with Crippen LogP contribution >= 0.6 is 0 Å². The first-order valence-corrected chi connectivity index (χ1v) is 7.21. The molecule has 0 unspecified atom stereocenters. The van der Waals surface area contributed by atoms with Gasteiger partial charge in [0.25, 0.3) is 5.91 Å². The van der Waals surface area contributed by atoms with Crippen LogP contribution in [0.15, 0.2) is 18.2 Å². The summed E-state index contributed by atoms with van der Waals surface area (Å²) in [5, 5.41) is 3.27. The predicted octanol–water partition coefficient (Wildman–Crippen LogP) is 3.30. The van der Waals surface area contributed by atoms with Crippen molar-refractivity contribution < 1.29 is 4.79 Å². The second kappa shape index (κ2) is 6.09. The molecule has 104 valence electrons. The molecule has 1 amide bonds. The molecule has 3 nitrogen and oxygen atoms in total. The number of amides is 1. The van der Waals surface area contributed by atoms with Crippen LogP contribution in [-0.4, -0.2) is 30.9 Å². The molecule has 19 heavy (non-hydrogen) atoms. The highest BCUT2D eigenvalue weighted by Gasteiger charge is 2.23. The van der Waals surface area contributed by atoms with Crippen LogP contribution in [0.1, 0.15) is 42.1 Å². The normalized spacial score (nSPS) is 14.9. The summed E-state index contributed by atoms with van der Waals surface area (Å²) in [5.74, 6) is 0.841. The van der Waals surface area contributed by atoms with E-state index in [1.165, 1.54) is 19.3 Å². The minimum absolute atomic E-state index is 0.131. The number of carbonyl (C=O) groups excluding carboxylic acids is 1. The summed E-state index contributed by atoms with van der Waals surface area (Å²) in [7, 11) is 1.92. The zero-order valence-electron chi connectivity index (χ0n) is 12.2. The molecular formula is C16H24N2O. The molecule has 0 spiro atoms. The zero-order chi connectivity index (χ0) is 13.8. The Balaban J connectivity index is 2.13. The van der Waals surface area contributed by atoms with E-state index in [2.05, 4.69) is 5.32 Å². The second-order valence-electron chi connectivity index (χ2n) is 5.56. The number of aryl methyl sites for hydroxylation is 1. The maximum absolute atomic E-state index is 12.6. The van der Waals surface area contributed by atoms with Crippen molar-refractivity contribution in [1.29, 1.82) is 0 Å². The second-order valence-corrected chi connectivity index (χ2v) is 5.56. The molecule has 0 aliphatic heterocycles. The van der Waals surface area contributed by atoms with Gasteiger partial charge in [0.15, 0.2) is 0 Å². The fourth-order valence-electron chi connectivity index (χ4n) is 2.53. The summed E-state index contributed by atoms with van der Waals surface area (Å²) in [6.07, 6.45) is 3.86. The number of anilines is 1. The summed E-state index contributed by atoms with van der Waals surface area (Å²) in [4.78, 5) is 14.4. The van der Waals surface area contributed by atoms with E-state index in [1.54, 1.807) is 0 Å². The summed E-state index contributed by atoms with van der Waals surface area (Å²) in [5.41, 5.74) is 2.87. The van der Waals surface area contributed by atoms with E-state index < -0.39 is 0 Å². The maximum atomic E-state index is 12.6. The summed E-state index contributed by atoms with van der Waals surface area (Å²) >= 11 is 0. The van der Waals surface area contributed by atoms with Crippen molar-refractivity contribution in [2.45, 2.75) is 33.1 Å². The highest BCUT2D eigenvalue weighted by atomic mass is 16.2. The molecule has 1 saturated carbocycles. The maximum Gasteiger partial charge on any atom is 0.255 e. The van der Waals surface area contributed by atoms with Crippen molar-refractivity contribution in [3.8, 4) is 0 Å².